The third kappa shape index (κ3) is 22.0. The lowest BCUT2D eigenvalue weighted by atomic mass is 9.67. The first-order valence-corrected chi connectivity index (χ1v) is 44.6. The van der Waals surface area contributed by atoms with Crippen LogP contribution >= 0.6 is 0 Å². The van der Waals surface area contributed by atoms with Crippen LogP contribution in [0.3, 0.4) is 0 Å². The zero-order chi connectivity index (χ0) is 90.3. The van der Waals surface area contributed by atoms with Gasteiger partial charge < -0.3 is 40.4 Å². The first kappa shape index (κ1) is 94.3. The minimum Gasteiger partial charge on any atom is -0.511 e. The lowest BCUT2D eigenvalue weighted by Crippen LogP contribution is -2.43. The Balaban J connectivity index is 1.28. The summed E-state index contributed by atoms with van der Waals surface area (Å²) < 4.78 is 0. The van der Waals surface area contributed by atoms with Gasteiger partial charge in [0.2, 0.25) is 0 Å². The van der Waals surface area contributed by atoms with E-state index in [1.165, 1.54) is 16.7 Å². The van der Waals surface area contributed by atoms with Gasteiger partial charge in [-0.25, -0.2) is 0 Å². The molecule has 7 aromatic carbocycles. The number of benzene rings is 7. The Morgan fingerprint density at radius 2 is 0.793 bits per heavy atom. The molecule has 10 rings (SSSR count). The Bertz CT molecular complexity index is 5160. The number of aromatic hydroxyl groups is 4. The van der Waals surface area contributed by atoms with E-state index in [0.29, 0.717) is 74.6 Å². The summed E-state index contributed by atoms with van der Waals surface area (Å²) >= 11 is 0. The van der Waals surface area contributed by atoms with E-state index in [-0.39, 0.29) is 66.9 Å². The second-order valence-corrected chi connectivity index (χ2v) is 46.8. The van der Waals surface area contributed by atoms with Gasteiger partial charge in [0.1, 0.15) is 28.8 Å². The minimum absolute atomic E-state index is 0.0633. The number of rotatable bonds is 20. The van der Waals surface area contributed by atoms with Crippen LogP contribution in [0.2, 0.25) is 0 Å². The molecule has 0 radical (unpaired) electrons. The number of hydrogen-bond acceptors (Lipinski definition) is 8. The smallest absolute Gasteiger partial charge is 0.126 e. The highest BCUT2D eigenvalue weighted by molar-refractivity contribution is 5.73. The standard InChI is InChI=1S/C113H152N2O6/c1-68(2)84-55-74(57-86(98(84)116)104(5,6)7)47-70-35-41-82(42-36-70)115(97-46-40-73(50-77-62-92(110(23,24)25)102(120)93(63-77)111(26,27)28)52-81(97)54-79-65-94(112(29,30)31)103(121)95(66-79)113(32,33)34)67-114(83-43-37-71(38-44-83)48-75-58-88(106(11,12)13)100(118)89(59-75)107(14,15)16)96-45-39-72(49-76-60-90(108(17,18)19)101(119)91(61-76)109(20,21)22)51-80(96)53-78-56-85(69(3)4)99(117)87(64-78)105(8,9)10/h35-43,45-46,51-52,55-63,65-66,83,87-88,100,116-121H,1,3,44,47-50,53-54,64,67H2,2,4-34H3. The van der Waals surface area contributed by atoms with E-state index >= 15 is 0 Å². The molecule has 0 fully saturated rings. The van der Waals surface area contributed by atoms with Crippen LogP contribution in [0.25, 0.3) is 5.57 Å². The van der Waals surface area contributed by atoms with Crippen molar-refractivity contribution >= 4 is 22.6 Å². The van der Waals surface area contributed by atoms with Gasteiger partial charge in [0.05, 0.1) is 18.8 Å². The van der Waals surface area contributed by atoms with Crippen molar-refractivity contribution in [1.82, 2.24) is 0 Å². The lowest BCUT2D eigenvalue weighted by Gasteiger charge is -2.41. The van der Waals surface area contributed by atoms with Crippen molar-refractivity contribution < 1.29 is 30.6 Å². The number of phenolic OH excluding ortho intramolecular Hbond substituents is 4. The summed E-state index contributed by atoms with van der Waals surface area (Å²) in [5, 5.41) is 73.0. The van der Waals surface area contributed by atoms with Crippen LogP contribution in [0.4, 0.5) is 17.1 Å². The first-order valence-electron chi connectivity index (χ1n) is 44.6. The van der Waals surface area contributed by atoms with Crippen LogP contribution in [0.1, 0.15) is 335 Å². The zero-order valence-electron chi connectivity index (χ0n) is 80.5. The maximum absolute atomic E-state index is 12.5. The summed E-state index contributed by atoms with van der Waals surface area (Å²) in [5.74, 6) is 1.52. The van der Waals surface area contributed by atoms with E-state index in [4.69, 9.17) is 0 Å². The number of nitrogens with zero attached hydrogens (tertiary/aromatic N) is 2. The van der Waals surface area contributed by atoms with Crippen molar-refractivity contribution in [2.24, 2.45) is 28.1 Å². The molecule has 7 aromatic rings. The summed E-state index contributed by atoms with van der Waals surface area (Å²) in [6, 6.07) is 40.9. The number of anilines is 3. The normalized spacial score (nSPS) is 17.5. The fourth-order valence-corrected chi connectivity index (χ4v) is 18.3. The van der Waals surface area contributed by atoms with Crippen LogP contribution in [-0.2, 0) is 70.0 Å². The summed E-state index contributed by atoms with van der Waals surface area (Å²) in [6.45, 7) is 79.0. The van der Waals surface area contributed by atoms with E-state index in [9.17, 15) is 30.6 Å². The monoisotopic (exact) mass is 1630 g/mol. The van der Waals surface area contributed by atoms with Gasteiger partial charge in [-0.15, -0.1) is 0 Å². The van der Waals surface area contributed by atoms with Crippen LogP contribution in [0.15, 0.2) is 198 Å². The number of phenols is 4. The molecular weight excluding hydrogens is 1480 g/mol. The third-order valence-corrected chi connectivity index (χ3v) is 25.4. The molecule has 3 aliphatic carbocycles. The molecule has 4 unspecified atom stereocenters. The Kier molecular flexibility index (Phi) is 26.7. The van der Waals surface area contributed by atoms with Gasteiger partial charge in [-0.1, -0.05) is 342 Å². The predicted octanol–water partition coefficient (Wildman–Crippen LogP) is 29.1. The maximum Gasteiger partial charge on any atom is 0.126 e. The second-order valence-electron chi connectivity index (χ2n) is 46.8. The highest BCUT2D eigenvalue weighted by atomic mass is 16.3. The topological polar surface area (TPSA) is 128 Å². The molecule has 0 saturated carbocycles. The maximum atomic E-state index is 12.5. The van der Waals surface area contributed by atoms with Crippen molar-refractivity contribution in [3.63, 3.8) is 0 Å². The summed E-state index contributed by atoms with van der Waals surface area (Å²) in [5.41, 5.74) is 24.4. The third-order valence-electron chi connectivity index (χ3n) is 25.4. The van der Waals surface area contributed by atoms with E-state index < -0.39 is 16.9 Å². The van der Waals surface area contributed by atoms with Gasteiger partial charge in [-0.3, -0.25) is 0 Å². The predicted molar refractivity (Wildman–Crippen MR) is 517 cm³/mol. The van der Waals surface area contributed by atoms with Crippen molar-refractivity contribution in [3.05, 3.63) is 293 Å². The van der Waals surface area contributed by atoms with Crippen LogP contribution in [0, 0.1) is 28.1 Å². The molecule has 6 N–H and O–H groups in total. The molecule has 3 aliphatic rings. The van der Waals surface area contributed by atoms with Gasteiger partial charge in [0.15, 0.2) is 0 Å². The molecule has 0 spiro atoms. The number of allylic oxidation sites excluding steroid dienone is 10. The molecule has 8 nitrogen and oxygen atoms in total. The second kappa shape index (κ2) is 34.3. The van der Waals surface area contributed by atoms with Crippen molar-refractivity contribution in [3.8, 4) is 23.0 Å². The largest absolute Gasteiger partial charge is 0.511 e. The van der Waals surface area contributed by atoms with Crippen LogP contribution < -0.4 is 9.80 Å². The zero-order valence-corrected chi connectivity index (χ0v) is 80.5. The van der Waals surface area contributed by atoms with Crippen LogP contribution in [-0.4, -0.2) is 49.5 Å². The highest BCUT2D eigenvalue weighted by Crippen LogP contribution is 2.50. The van der Waals surface area contributed by atoms with Crippen molar-refractivity contribution in [2.45, 2.75) is 323 Å². The molecule has 121 heavy (non-hydrogen) atoms. The quantitative estimate of drug-likeness (QED) is 0.0417. The SMILES string of the molecule is C=C(C)C1=C(O)C(C(C)(C)C)CC(Cc2cc(Cc3cc(C(C)(C)C)c(O)c(C(C)(C)C)c3)ccc2N(CN(c2ccc(Cc3cc(C(=C)C)c(O)c(C(C)(C)C)c3)cc2)c2ccc(Cc3cc(C(C)(C)C)c(O)c(C(C)(C)C)c3)cc2Cc2cc(C(C)(C)C)c(O)c(C(C)(C)C)c2)C2C=CC(CC3=CC(C(C)(C)C)C(O)C(C(C)(C)C)=C3)=CC2)=C1. The van der Waals surface area contributed by atoms with Gasteiger partial charge in [0, 0.05) is 45.6 Å². The fourth-order valence-electron chi connectivity index (χ4n) is 18.3. The molecule has 0 heterocycles. The average molecular weight is 1630 g/mol. The Hall–Kier alpha value is -8.98. The highest BCUT2D eigenvalue weighted by Gasteiger charge is 2.40. The number of hydrogen-bond donors (Lipinski definition) is 6. The molecule has 4 atom stereocenters. The first-order chi connectivity index (χ1) is 55.4. The number of aliphatic hydroxyl groups is 2. The van der Waals surface area contributed by atoms with E-state index in [2.05, 4.69) is 376 Å². The fraction of sp³-hybridized carbons (Fsp3) is 0.487. The van der Waals surface area contributed by atoms with Gasteiger partial charge in [0.25, 0.3) is 0 Å². The summed E-state index contributed by atoms with van der Waals surface area (Å²) in [7, 11) is 0. The molecule has 0 amide bonds. The Morgan fingerprint density at radius 3 is 1.18 bits per heavy atom. The minimum atomic E-state index is -0.587. The van der Waals surface area contributed by atoms with Crippen LogP contribution in [0.5, 0.6) is 23.0 Å². The van der Waals surface area contributed by atoms with E-state index in [0.717, 1.165) is 140 Å². The molecule has 0 aromatic heterocycles. The van der Waals surface area contributed by atoms with Gasteiger partial charge in [-0.2, -0.15) is 0 Å². The van der Waals surface area contributed by atoms with Gasteiger partial charge in [-0.05, 0) is 261 Å². The number of aliphatic hydroxyl groups excluding tert-OH is 2. The molecular formula is C113H152N2O6. The van der Waals surface area contributed by atoms with Gasteiger partial charge >= 0.3 is 0 Å². The summed E-state index contributed by atoms with van der Waals surface area (Å²) in [4.78, 5) is 5.21. The average Bonchev–Trinajstić information content (AvgIpc) is 0.774. The van der Waals surface area contributed by atoms with Crippen molar-refractivity contribution in [2.75, 3.05) is 16.5 Å². The molecule has 650 valence electrons. The molecule has 0 saturated heterocycles. The molecule has 8 heteroatoms. The molecule has 0 aliphatic heterocycles. The van der Waals surface area contributed by atoms with Crippen molar-refractivity contribution in [1.29, 1.82) is 0 Å². The lowest BCUT2D eigenvalue weighted by molar-refractivity contribution is 0.0817. The van der Waals surface area contributed by atoms with E-state index in [1.807, 2.05) is 13.8 Å². The Morgan fingerprint density at radius 1 is 0.397 bits per heavy atom. The summed E-state index contributed by atoms with van der Waals surface area (Å²) in [6.07, 6.45) is 18.6. The Labute approximate surface area is 731 Å². The van der Waals surface area contributed by atoms with E-state index in [1.54, 1.807) is 0 Å². The molecule has 0 bridgehead atoms.